The Kier molecular flexibility index (Phi) is 23.1. The summed E-state index contributed by atoms with van der Waals surface area (Å²) in [6.45, 7) is 17.2. The third-order valence-electron chi connectivity index (χ3n) is 15.9. The smallest absolute Gasteiger partial charge is 0.410 e. The maximum absolute atomic E-state index is 14.8. The number of nitrogens with zero attached hydrogens (tertiary/aromatic N) is 4. The number of likely N-dealkylation sites (N-methyl/N-ethyl adjacent to an activating group) is 2. The van der Waals surface area contributed by atoms with E-state index in [-0.39, 0.29) is 83.8 Å². The minimum absolute atomic E-state index is 0.0385. The van der Waals surface area contributed by atoms with Crippen LogP contribution >= 0.6 is 0 Å². The third-order valence-corrected chi connectivity index (χ3v) is 15.9. The average Bonchev–Trinajstić information content (AvgIpc) is 3.94. The van der Waals surface area contributed by atoms with Crippen molar-refractivity contribution >= 4 is 35.2 Å². The Morgan fingerprint density at radius 3 is 1.91 bits per heavy atom. The number of ketones is 2. The summed E-state index contributed by atoms with van der Waals surface area (Å²) in [5.41, 5.74) is 2.84. The summed E-state index contributed by atoms with van der Waals surface area (Å²) in [4.78, 5) is 87.7. The molecule has 78 heavy (non-hydrogen) atoms. The number of amides is 3. The number of carbonyl (C=O) groups is 5. The molecule has 0 aromatic heterocycles. The predicted molar refractivity (Wildman–Crippen MR) is 301 cm³/mol. The topological polar surface area (TPSA) is 195 Å². The zero-order valence-electron chi connectivity index (χ0n) is 48.0. The molecule has 1 N–H and O–H groups in total. The fraction of sp³-hybridized carbons (Fsp3) is 0.532. The van der Waals surface area contributed by atoms with Crippen LogP contribution < -0.4 is 4.74 Å². The Hall–Kier alpha value is -6.49. The van der Waals surface area contributed by atoms with Gasteiger partial charge >= 0.3 is 11.8 Å². The highest BCUT2D eigenvalue weighted by Gasteiger charge is 2.44. The molecule has 0 bridgehead atoms. The largest absolute Gasteiger partial charge is 0.450 e. The minimum Gasteiger partial charge on any atom is -0.450 e. The molecular formula is C62H84N4O12. The molecule has 0 spiro atoms. The molecule has 4 aromatic rings. The molecule has 4 aromatic carbocycles. The Morgan fingerprint density at radius 2 is 1.35 bits per heavy atom. The van der Waals surface area contributed by atoms with Gasteiger partial charge in [0.2, 0.25) is 17.6 Å². The number of likely N-dealkylation sites (tertiary alicyclic amines) is 1. The van der Waals surface area contributed by atoms with Crippen LogP contribution in [0.3, 0.4) is 0 Å². The van der Waals surface area contributed by atoms with Gasteiger partial charge in [-0.05, 0) is 90.0 Å². The van der Waals surface area contributed by atoms with Gasteiger partial charge in [-0.25, -0.2) is 4.79 Å². The second-order valence-corrected chi connectivity index (χ2v) is 21.9. The zero-order valence-corrected chi connectivity index (χ0v) is 48.0. The lowest BCUT2D eigenvalue weighted by Crippen LogP contribution is -2.54. The van der Waals surface area contributed by atoms with Crippen molar-refractivity contribution in [1.29, 1.82) is 0 Å². The zero-order chi connectivity index (χ0) is 57.5. The lowest BCUT2D eigenvalue weighted by Gasteiger charge is -2.41. The van der Waals surface area contributed by atoms with E-state index < -0.39 is 59.4 Å². The van der Waals surface area contributed by atoms with Crippen molar-refractivity contribution in [2.45, 2.75) is 143 Å². The fourth-order valence-corrected chi connectivity index (χ4v) is 11.1. The molecule has 0 radical (unpaired) electrons. The van der Waals surface area contributed by atoms with Crippen molar-refractivity contribution in [3.8, 4) is 22.6 Å². The van der Waals surface area contributed by atoms with Crippen molar-refractivity contribution in [1.82, 2.24) is 14.7 Å². The maximum atomic E-state index is 14.8. The Labute approximate surface area is 461 Å². The van der Waals surface area contributed by atoms with E-state index in [9.17, 15) is 39.2 Å². The molecule has 1 saturated heterocycles. The van der Waals surface area contributed by atoms with E-state index in [2.05, 4.69) is 0 Å². The highest BCUT2D eigenvalue weighted by atomic mass is 16.6. The number of methoxy groups -OCH3 is 2. The van der Waals surface area contributed by atoms with E-state index in [0.29, 0.717) is 30.7 Å². The first kappa shape index (κ1) is 62.4. The van der Waals surface area contributed by atoms with Gasteiger partial charge in [0.1, 0.15) is 17.6 Å². The average molecular weight is 1080 g/mol. The number of carbonyl (C=O) groups excluding carboxylic acids is 5. The summed E-state index contributed by atoms with van der Waals surface area (Å²) in [5, 5.41) is 23.1. The second-order valence-electron chi connectivity index (χ2n) is 21.9. The quantitative estimate of drug-likeness (QED) is 0.0418. The molecule has 1 fully saturated rings. The van der Waals surface area contributed by atoms with E-state index in [1.54, 1.807) is 43.0 Å². The molecule has 0 aliphatic carbocycles. The van der Waals surface area contributed by atoms with Gasteiger partial charge < -0.3 is 38.8 Å². The van der Waals surface area contributed by atoms with Crippen LogP contribution in [0, 0.1) is 45.6 Å². The number of hydrogen-bond donors (Lipinski definition) is 1. The number of aliphatic hydroxyl groups excluding tert-OH is 1. The van der Waals surface area contributed by atoms with Crippen LogP contribution in [0.5, 0.6) is 11.5 Å². The van der Waals surface area contributed by atoms with Gasteiger partial charge in [0.15, 0.2) is 5.78 Å². The maximum Gasteiger partial charge on any atom is 0.410 e. The van der Waals surface area contributed by atoms with E-state index in [1.807, 2.05) is 128 Å². The minimum atomic E-state index is -0.972. The number of hydrogen-bond acceptors (Lipinski definition) is 12. The van der Waals surface area contributed by atoms with E-state index >= 15 is 0 Å². The van der Waals surface area contributed by atoms with Crippen LogP contribution in [0.4, 0.5) is 10.5 Å². The lowest BCUT2D eigenvalue weighted by atomic mass is 9.83. The van der Waals surface area contributed by atoms with Gasteiger partial charge in [0.25, 0.3) is 0 Å². The molecule has 1 aliphatic rings. The summed E-state index contributed by atoms with van der Waals surface area (Å²) < 4.78 is 24.1. The van der Waals surface area contributed by atoms with Gasteiger partial charge in [-0.3, -0.25) is 29.3 Å². The molecule has 3 amide bonds. The first-order valence-corrected chi connectivity index (χ1v) is 27.5. The molecule has 16 heteroatoms. The van der Waals surface area contributed by atoms with Gasteiger partial charge in [-0.1, -0.05) is 135 Å². The Bertz CT molecular complexity index is 2610. The molecule has 424 valence electrons. The van der Waals surface area contributed by atoms with Gasteiger partial charge in [0, 0.05) is 65.6 Å². The van der Waals surface area contributed by atoms with Crippen LogP contribution in [-0.2, 0) is 33.4 Å². The Balaban J connectivity index is 1.26. The number of nitro benzene ring substituents is 1. The van der Waals surface area contributed by atoms with Crippen LogP contribution in [-0.4, -0.2) is 119 Å². The molecule has 2 unspecified atom stereocenters. The first-order valence-electron chi connectivity index (χ1n) is 27.5. The van der Waals surface area contributed by atoms with Crippen molar-refractivity contribution in [2.75, 3.05) is 34.9 Å². The fourth-order valence-electron chi connectivity index (χ4n) is 11.1. The number of aliphatic hydroxyl groups is 1. The lowest BCUT2D eigenvalue weighted by molar-refractivity contribution is -0.385. The number of rotatable bonds is 28. The number of nitro groups is 1. The molecule has 16 nitrogen and oxygen atoms in total. The Morgan fingerprint density at radius 1 is 0.731 bits per heavy atom. The summed E-state index contributed by atoms with van der Waals surface area (Å²) >= 11 is 0. The number of benzene rings is 4. The van der Waals surface area contributed by atoms with E-state index in [1.165, 1.54) is 37.3 Å². The highest BCUT2D eigenvalue weighted by Crippen LogP contribution is 2.37. The third kappa shape index (κ3) is 15.6. The van der Waals surface area contributed by atoms with Gasteiger partial charge in [-0.15, -0.1) is 0 Å². The van der Waals surface area contributed by atoms with Crippen LogP contribution in [0.15, 0.2) is 103 Å². The van der Waals surface area contributed by atoms with E-state index in [0.717, 1.165) is 23.1 Å². The summed E-state index contributed by atoms with van der Waals surface area (Å²) in [6.07, 6.45) is -1.87. The molecule has 11 atom stereocenters. The van der Waals surface area contributed by atoms with Crippen molar-refractivity contribution in [2.24, 2.45) is 35.5 Å². The summed E-state index contributed by atoms with van der Waals surface area (Å²) in [6, 6.07) is 28.5. The van der Waals surface area contributed by atoms with Crippen LogP contribution in [0.25, 0.3) is 11.1 Å². The van der Waals surface area contributed by atoms with Gasteiger partial charge in [-0.2, -0.15) is 0 Å². The molecule has 5 rings (SSSR count). The molecule has 1 aliphatic heterocycles. The first-order chi connectivity index (χ1) is 37.0. The highest BCUT2D eigenvalue weighted by molar-refractivity contribution is 5.92. The summed E-state index contributed by atoms with van der Waals surface area (Å²) in [7, 11) is 6.27. The summed E-state index contributed by atoms with van der Waals surface area (Å²) in [5.74, 6) is -3.00. The second kappa shape index (κ2) is 28.9. The van der Waals surface area contributed by atoms with Gasteiger partial charge in [0.05, 0.1) is 47.8 Å². The van der Waals surface area contributed by atoms with Crippen LogP contribution in [0.2, 0.25) is 0 Å². The molecular weight excluding hydrogens is 993 g/mol. The molecule has 0 saturated carbocycles. The monoisotopic (exact) mass is 1080 g/mol. The van der Waals surface area contributed by atoms with Crippen molar-refractivity contribution in [3.63, 3.8) is 0 Å². The van der Waals surface area contributed by atoms with Crippen LogP contribution in [0.1, 0.15) is 124 Å². The number of Topliss-reactive ketones (excluding diaryl/α,β-unsaturated/α-hetero) is 2. The number of ether oxygens (including phenoxy) is 4. The van der Waals surface area contributed by atoms with E-state index in [4.69, 9.17) is 18.9 Å². The van der Waals surface area contributed by atoms with Crippen molar-refractivity contribution in [3.05, 3.63) is 124 Å². The SMILES string of the molecule is CC[C@H](C)C([C@@H](CC(=O)N1CCC[C@H]1[C@H](OC)[C@@H](C)C(=O)C[C@H](C)[C@@H](O)c1ccccc1)OC)N(C)C(=O)[C@@H](CC(=O)[C@H](C(C)C)N(C)C(=O)OC(C)c1ccc([N+](=O)[O-])c(Oc2ccc(-c3ccccc3)cc2)c1)C(C)C. The predicted octanol–water partition coefficient (Wildman–Crippen LogP) is 11.7. The van der Waals surface area contributed by atoms with Crippen molar-refractivity contribution < 1.29 is 52.9 Å². The normalized spacial score (nSPS) is 17.4. The standard InChI is InChI=1S/C62H84N4O12/c1-14-40(6)58(55(75-12)37-56(69)65-33-21-26-51(65)60(76-13)42(8)52(67)34-41(7)59(70)46-24-19-16-20-25-46)63(10)61(71)49(38(2)3)36-53(68)57(39(4)5)64(11)62(72)77-43(9)47-29-32-50(66(73)74)54(35-47)78-48-30-27-45(28-31-48)44-22-17-15-18-23-44/h15-20,22-25,27-32,35,38-43,49,51,55,57-60,70H,14,21,26,33-34,36-37H2,1-13H3/t40-,41-,42-,43?,49-,51-,55+,57-,58?,59+,60+/m0/s1. The molecule has 1 heterocycles.